The van der Waals surface area contributed by atoms with Crippen LogP contribution in [0.1, 0.15) is 56.7 Å². The molecule has 4 amide bonds. The summed E-state index contributed by atoms with van der Waals surface area (Å²) in [5.41, 5.74) is 2.69. The van der Waals surface area contributed by atoms with Gasteiger partial charge in [-0.1, -0.05) is 32.0 Å². The van der Waals surface area contributed by atoms with Crippen LogP contribution in [0, 0.1) is 5.82 Å². The molecule has 1 saturated heterocycles. The van der Waals surface area contributed by atoms with Crippen molar-refractivity contribution in [2.45, 2.75) is 52.0 Å². The van der Waals surface area contributed by atoms with E-state index in [1.54, 1.807) is 18.2 Å². The number of carbonyl (C=O) groups is 3. The van der Waals surface area contributed by atoms with Crippen LogP contribution in [-0.2, 0) is 16.0 Å². The minimum Gasteiger partial charge on any atom is -0.369 e. The second-order valence-corrected chi connectivity index (χ2v) is 9.35. The zero-order valence-corrected chi connectivity index (χ0v) is 19.5. The molecule has 172 valence electrons. The largest absolute Gasteiger partial charge is 0.369 e. The van der Waals surface area contributed by atoms with Gasteiger partial charge in [-0.3, -0.25) is 14.9 Å². The molecule has 0 saturated carbocycles. The summed E-state index contributed by atoms with van der Waals surface area (Å²) in [4.78, 5) is 41.4. The van der Waals surface area contributed by atoms with Crippen LogP contribution in [0.15, 0.2) is 42.0 Å². The summed E-state index contributed by atoms with van der Waals surface area (Å²) >= 11 is 0. The fraction of sp³-hybridized carbons (Fsp3) is 0.346. The van der Waals surface area contributed by atoms with Gasteiger partial charge in [-0.15, -0.1) is 0 Å². The second-order valence-electron chi connectivity index (χ2n) is 9.35. The number of amides is 4. The van der Waals surface area contributed by atoms with E-state index in [-0.39, 0.29) is 22.6 Å². The van der Waals surface area contributed by atoms with Crippen LogP contribution in [0.4, 0.5) is 20.6 Å². The Balaban J connectivity index is 1.79. The number of fused-ring (bicyclic) bond motifs is 1. The Hall–Kier alpha value is -3.48. The molecular formula is C26H28FN3O3. The monoisotopic (exact) mass is 449 g/mol. The molecule has 33 heavy (non-hydrogen) atoms. The number of barbiturate groups is 1. The van der Waals surface area contributed by atoms with E-state index in [2.05, 4.69) is 31.0 Å². The van der Waals surface area contributed by atoms with Crippen molar-refractivity contribution in [2.24, 2.45) is 0 Å². The Morgan fingerprint density at radius 2 is 1.85 bits per heavy atom. The topological polar surface area (TPSA) is 69.7 Å². The molecule has 0 radical (unpaired) electrons. The van der Waals surface area contributed by atoms with E-state index >= 15 is 4.39 Å². The highest BCUT2D eigenvalue weighted by atomic mass is 19.1. The Morgan fingerprint density at radius 3 is 2.55 bits per heavy atom. The molecule has 4 rings (SSSR count). The van der Waals surface area contributed by atoms with Crippen LogP contribution >= 0.6 is 0 Å². The van der Waals surface area contributed by atoms with E-state index in [0.717, 1.165) is 28.1 Å². The Kier molecular flexibility index (Phi) is 5.60. The number of carbonyl (C=O) groups excluding carboxylic acids is 3. The number of urea groups is 1. The number of aryl methyl sites for hydroxylation is 1. The summed E-state index contributed by atoms with van der Waals surface area (Å²) in [6.45, 7) is 8.23. The molecular weight excluding hydrogens is 421 g/mol. The maximum Gasteiger partial charge on any atom is 0.335 e. The third-order valence-electron chi connectivity index (χ3n) is 6.77. The zero-order chi connectivity index (χ0) is 24.1. The lowest BCUT2D eigenvalue weighted by molar-refractivity contribution is -0.122. The first-order chi connectivity index (χ1) is 15.5. The van der Waals surface area contributed by atoms with Crippen molar-refractivity contribution < 1.29 is 18.8 Å². The molecule has 2 aromatic carbocycles. The molecule has 0 aliphatic carbocycles. The van der Waals surface area contributed by atoms with Crippen LogP contribution < -0.4 is 15.1 Å². The number of nitrogens with zero attached hydrogens (tertiary/aromatic N) is 2. The van der Waals surface area contributed by atoms with E-state index < -0.39 is 23.7 Å². The molecule has 1 atom stereocenters. The van der Waals surface area contributed by atoms with Crippen LogP contribution in [0.3, 0.4) is 0 Å². The van der Waals surface area contributed by atoms with Gasteiger partial charge in [-0.25, -0.2) is 14.1 Å². The zero-order valence-electron chi connectivity index (χ0n) is 19.5. The molecule has 2 heterocycles. The molecule has 1 unspecified atom stereocenters. The lowest BCUT2D eigenvalue weighted by Crippen LogP contribution is -2.54. The van der Waals surface area contributed by atoms with Gasteiger partial charge in [-0.2, -0.15) is 0 Å². The van der Waals surface area contributed by atoms with E-state index in [4.69, 9.17) is 0 Å². The highest BCUT2D eigenvalue weighted by molar-refractivity contribution is 6.39. The van der Waals surface area contributed by atoms with Crippen LogP contribution in [0.5, 0.6) is 0 Å². The third-order valence-corrected chi connectivity index (χ3v) is 6.77. The lowest BCUT2D eigenvalue weighted by Gasteiger charge is -2.45. The third kappa shape index (κ3) is 3.81. The average molecular weight is 450 g/mol. The summed E-state index contributed by atoms with van der Waals surface area (Å²) in [6.07, 6.45) is 2.73. The maximum absolute atomic E-state index is 15.2. The van der Waals surface area contributed by atoms with Gasteiger partial charge >= 0.3 is 6.03 Å². The molecule has 2 aromatic rings. The first-order valence-corrected chi connectivity index (χ1v) is 11.1. The summed E-state index contributed by atoms with van der Waals surface area (Å²) in [7, 11) is 1.94. The normalized spacial score (nSPS) is 21.3. The number of para-hydroxylation sites is 1. The van der Waals surface area contributed by atoms with Crippen LogP contribution in [-0.4, -0.2) is 30.4 Å². The van der Waals surface area contributed by atoms with Crippen LogP contribution in [0.2, 0.25) is 0 Å². The van der Waals surface area contributed by atoms with E-state index in [1.165, 1.54) is 12.1 Å². The SMILES string of the molecule is CCc1ccccc1N1C(=O)NC(=O)/C(=C/c2cc3c(cc2F)N(C)C(C)(C)CC3C)C1=O. The van der Waals surface area contributed by atoms with Crippen molar-refractivity contribution in [1.82, 2.24) is 5.32 Å². The van der Waals surface area contributed by atoms with E-state index in [9.17, 15) is 14.4 Å². The highest BCUT2D eigenvalue weighted by Crippen LogP contribution is 2.43. The van der Waals surface area contributed by atoms with Gasteiger partial charge in [-0.05, 0) is 68.0 Å². The van der Waals surface area contributed by atoms with E-state index in [0.29, 0.717) is 12.1 Å². The van der Waals surface area contributed by atoms with Gasteiger partial charge in [0.2, 0.25) is 0 Å². The summed E-state index contributed by atoms with van der Waals surface area (Å²) in [5.74, 6) is -1.96. The number of imide groups is 2. The number of benzene rings is 2. The fourth-order valence-corrected chi connectivity index (χ4v) is 4.77. The van der Waals surface area contributed by atoms with Crippen molar-refractivity contribution >= 4 is 35.3 Å². The van der Waals surface area contributed by atoms with Crippen molar-refractivity contribution in [3.05, 3.63) is 64.5 Å². The molecule has 0 spiro atoms. The van der Waals surface area contributed by atoms with Crippen molar-refractivity contribution in [1.29, 1.82) is 0 Å². The quantitative estimate of drug-likeness (QED) is 0.541. The van der Waals surface area contributed by atoms with Gasteiger partial charge in [0, 0.05) is 23.8 Å². The number of halogens is 1. The van der Waals surface area contributed by atoms with Gasteiger partial charge in [0.05, 0.1) is 5.69 Å². The smallest absolute Gasteiger partial charge is 0.335 e. The highest BCUT2D eigenvalue weighted by Gasteiger charge is 2.38. The maximum atomic E-state index is 15.2. The Bertz CT molecular complexity index is 1200. The molecule has 0 bridgehead atoms. The van der Waals surface area contributed by atoms with Gasteiger partial charge in [0.1, 0.15) is 11.4 Å². The molecule has 1 fully saturated rings. The lowest BCUT2D eigenvalue weighted by atomic mass is 9.80. The average Bonchev–Trinajstić information content (AvgIpc) is 2.75. The molecule has 6 nitrogen and oxygen atoms in total. The minimum absolute atomic E-state index is 0.119. The molecule has 2 aliphatic heterocycles. The second kappa shape index (κ2) is 8.14. The van der Waals surface area contributed by atoms with E-state index in [1.807, 2.05) is 26.1 Å². The molecule has 2 aliphatic rings. The Morgan fingerprint density at radius 1 is 1.15 bits per heavy atom. The summed E-state index contributed by atoms with van der Waals surface area (Å²) in [6, 6.07) is 9.36. The van der Waals surface area contributed by atoms with Gasteiger partial charge in [0.25, 0.3) is 11.8 Å². The predicted octanol–water partition coefficient (Wildman–Crippen LogP) is 4.78. The predicted molar refractivity (Wildman–Crippen MR) is 127 cm³/mol. The number of hydrogen-bond acceptors (Lipinski definition) is 4. The molecule has 0 aromatic heterocycles. The fourth-order valence-electron chi connectivity index (χ4n) is 4.77. The van der Waals surface area contributed by atoms with Crippen molar-refractivity contribution in [3.8, 4) is 0 Å². The molecule has 7 heteroatoms. The summed E-state index contributed by atoms with van der Waals surface area (Å²) in [5, 5.41) is 2.22. The Labute approximate surface area is 193 Å². The number of rotatable bonds is 3. The molecule has 1 N–H and O–H groups in total. The number of hydrogen-bond donors (Lipinski definition) is 1. The van der Waals surface area contributed by atoms with Crippen LogP contribution in [0.25, 0.3) is 6.08 Å². The number of nitrogens with one attached hydrogen (secondary N) is 1. The first kappa shape index (κ1) is 22.7. The summed E-state index contributed by atoms with van der Waals surface area (Å²) < 4.78 is 15.2. The first-order valence-electron chi connectivity index (χ1n) is 11.1. The van der Waals surface area contributed by atoms with Gasteiger partial charge < -0.3 is 4.90 Å². The standard InChI is InChI=1S/C26H28FN3O3/c1-6-16-9-7-8-10-21(16)30-24(32)19(23(31)28-25(30)33)12-17-11-18-15(2)14-26(3,4)29(5)22(18)13-20(17)27/h7-13,15H,6,14H2,1-5H3,(H,28,31,33)/b19-12-. The minimum atomic E-state index is -0.835. The van der Waals surface area contributed by atoms with Crippen molar-refractivity contribution in [3.63, 3.8) is 0 Å². The number of anilines is 2. The van der Waals surface area contributed by atoms with Gasteiger partial charge in [0.15, 0.2) is 0 Å². The van der Waals surface area contributed by atoms with Crippen molar-refractivity contribution in [2.75, 3.05) is 16.8 Å².